The second kappa shape index (κ2) is 2.75. The molecule has 1 heterocycles. The van der Waals surface area contributed by atoms with Gasteiger partial charge < -0.3 is 0 Å². The summed E-state index contributed by atoms with van der Waals surface area (Å²) in [6.45, 7) is 2.07. The molecule has 0 saturated heterocycles. The maximum atomic E-state index is 10.9. The highest BCUT2D eigenvalue weighted by Crippen LogP contribution is 2.25. The highest BCUT2D eigenvalue weighted by molar-refractivity contribution is 7.18. The van der Waals surface area contributed by atoms with Gasteiger partial charge in [-0.2, -0.15) is 0 Å². The smallest absolute Gasteiger partial charge is 0.180 e. The fourth-order valence-corrected chi connectivity index (χ4v) is 1.99. The fraction of sp³-hybridized carbons (Fsp3) is 0.222. The zero-order chi connectivity index (χ0) is 8.55. The summed E-state index contributed by atoms with van der Waals surface area (Å²) >= 11 is 1.66. The standard InChI is InChI=1S/C9H8NOS/c1-2-9-10-7-5-6(11)3-4-8(7)12-9/h3-5H,2H2,1H3. The second-order valence-electron chi connectivity index (χ2n) is 2.59. The predicted molar refractivity (Wildman–Crippen MR) is 49.1 cm³/mol. The van der Waals surface area contributed by atoms with Gasteiger partial charge in [0.05, 0.1) is 15.2 Å². The van der Waals surface area contributed by atoms with E-state index in [9.17, 15) is 5.11 Å². The molecule has 2 aromatic rings. The number of nitrogens with zero attached hydrogens (tertiary/aromatic N) is 1. The van der Waals surface area contributed by atoms with Crippen LogP contribution < -0.4 is 0 Å². The summed E-state index contributed by atoms with van der Waals surface area (Å²) in [6.07, 6.45) is 0.938. The van der Waals surface area contributed by atoms with E-state index in [1.807, 2.05) is 6.07 Å². The zero-order valence-corrected chi connectivity index (χ0v) is 7.52. The highest BCUT2D eigenvalue weighted by Gasteiger charge is 2.02. The van der Waals surface area contributed by atoms with Crippen LogP contribution in [0.3, 0.4) is 0 Å². The van der Waals surface area contributed by atoms with E-state index < -0.39 is 0 Å². The van der Waals surface area contributed by atoms with Gasteiger partial charge in [0.25, 0.3) is 0 Å². The SMILES string of the molecule is CCc1nc2cc([O])ccc2s1. The normalized spacial score (nSPS) is 10.8. The number of hydrogen-bond acceptors (Lipinski definition) is 2. The van der Waals surface area contributed by atoms with Gasteiger partial charge in [-0.3, -0.25) is 5.11 Å². The van der Waals surface area contributed by atoms with Crippen molar-refractivity contribution in [2.75, 3.05) is 0 Å². The molecule has 0 fully saturated rings. The summed E-state index contributed by atoms with van der Waals surface area (Å²) in [5, 5.41) is 12.0. The summed E-state index contributed by atoms with van der Waals surface area (Å²) in [7, 11) is 0. The van der Waals surface area contributed by atoms with Crippen LogP contribution in [0.25, 0.3) is 10.2 Å². The number of rotatable bonds is 1. The van der Waals surface area contributed by atoms with E-state index >= 15 is 0 Å². The van der Waals surface area contributed by atoms with Crippen molar-refractivity contribution in [2.24, 2.45) is 0 Å². The number of aryl methyl sites for hydroxylation is 1. The molecular formula is C9H8NOS. The number of fused-ring (bicyclic) bond motifs is 1. The van der Waals surface area contributed by atoms with Gasteiger partial charge in [0.1, 0.15) is 0 Å². The molecule has 0 saturated carbocycles. The van der Waals surface area contributed by atoms with Crippen LogP contribution in [-0.4, -0.2) is 4.98 Å². The molecule has 0 spiro atoms. The van der Waals surface area contributed by atoms with Crippen molar-refractivity contribution in [3.8, 4) is 5.75 Å². The summed E-state index contributed by atoms with van der Waals surface area (Å²) in [6, 6.07) is 5.01. The topological polar surface area (TPSA) is 32.8 Å². The minimum Gasteiger partial charge on any atom is -0.290 e. The summed E-state index contributed by atoms with van der Waals surface area (Å²) in [4.78, 5) is 4.31. The van der Waals surface area contributed by atoms with Crippen LogP contribution in [0.1, 0.15) is 11.9 Å². The van der Waals surface area contributed by atoms with Crippen LogP contribution in [-0.2, 0) is 11.5 Å². The third kappa shape index (κ3) is 1.16. The van der Waals surface area contributed by atoms with Crippen molar-refractivity contribution < 1.29 is 5.11 Å². The Kier molecular flexibility index (Phi) is 1.73. The van der Waals surface area contributed by atoms with Gasteiger partial charge in [-0.15, -0.1) is 11.3 Å². The van der Waals surface area contributed by atoms with Gasteiger partial charge in [0, 0.05) is 6.07 Å². The Morgan fingerprint density at radius 2 is 2.33 bits per heavy atom. The molecule has 1 aromatic heterocycles. The van der Waals surface area contributed by atoms with Gasteiger partial charge in [-0.05, 0) is 18.6 Å². The second-order valence-corrected chi connectivity index (χ2v) is 3.71. The molecule has 0 aliphatic rings. The first kappa shape index (κ1) is 7.55. The zero-order valence-electron chi connectivity index (χ0n) is 6.70. The van der Waals surface area contributed by atoms with Crippen LogP contribution in [0.4, 0.5) is 0 Å². The lowest BCUT2D eigenvalue weighted by atomic mass is 10.3. The van der Waals surface area contributed by atoms with Gasteiger partial charge >= 0.3 is 0 Å². The van der Waals surface area contributed by atoms with Gasteiger partial charge in [-0.1, -0.05) is 6.92 Å². The predicted octanol–water partition coefficient (Wildman–Crippen LogP) is 3.00. The average molecular weight is 178 g/mol. The molecule has 2 rings (SSSR count). The Hall–Kier alpha value is -1.09. The van der Waals surface area contributed by atoms with E-state index in [1.165, 1.54) is 0 Å². The minimum absolute atomic E-state index is 0.0375. The van der Waals surface area contributed by atoms with Crippen molar-refractivity contribution in [3.63, 3.8) is 0 Å². The Balaban J connectivity index is 2.67. The van der Waals surface area contributed by atoms with Crippen LogP contribution >= 0.6 is 11.3 Å². The Labute approximate surface area is 74.5 Å². The maximum absolute atomic E-state index is 10.9. The van der Waals surface area contributed by atoms with Crippen molar-refractivity contribution in [3.05, 3.63) is 23.2 Å². The van der Waals surface area contributed by atoms with E-state index in [0.29, 0.717) is 0 Å². The van der Waals surface area contributed by atoms with Crippen molar-refractivity contribution in [1.29, 1.82) is 0 Å². The molecule has 3 heteroatoms. The van der Waals surface area contributed by atoms with E-state index in [4.69, 9.17) is 0 Å². The molecule has 0 bridgehead atoms. The van der Waals surface area contributed by atoms with Crippen molar-refractivity contribution in [2.45, 2.75) is 13.3 Å². The van der Waals surface area contributed by atoms with Crippen LogP contribution in [0.5, 0.6) is 5.75 Å². The lowest BCUT2D eigenvalue weighted by molar-refractivity contribution is 0.355. The maximum Gasteiger partial charge on any atom is 0.180 e. The molecule has 1 aromatic carbocycles. The van der Waals surface area contributed by atoms with Crippen molar-refractivity contribution >= 4 is 21.6 Å². The number of hydrogen-bond donors (Lipinski definition) is 0. The first-order valence-electron chi connectivity index (χ1n) is 3.86. The Morgan fingerprint density at radius 3 is 3.08 bits per heavy atom. The number of thiazole rings is 1. The molecule has 0 N–H and O–H groups in total. The first-order valence-corrected chi connectivity index (χ1v) is 4.67. The quantitative estimate of drug-likeness (QED) is 0.660. The third-order valence-electron chi connectivity index (χ3n) is 1.71. The van der Waals surface area contributed by atoms with E-state index in [0.717, 1.165) is 21.6 Å². The largest absolute Gasteiger partial charge is 0.290 e. The number of benzene rings is 1. The average Bonchev–Trinajstić information content (AvgIpc) is 2.46. The van der Waals surface area contributed by atoms with Gasteiger partial charge in [0.2, 0.25) is 0 Å². The summed E-state index contributed by atoms with van der Waals surface area (Å²) < 4.78 is 1.10. The van der Waals surface area contributed by atoms with E-state index in [1.54, 1.807) is 23.5 Å². The third-order valence-corrected chi connectivity index (χ3v) is 2.89. The summed E-state index contributed by atoms with van der Waals surface area (Å²) in [5.74, 6) is 0.0375. The van der Waals surface area contributed by atoms with Gasteiger partial charge in [-0.25, -0.2) is 4.98 Å². The monoisotopic (exact) mass is 178 g/mol. The van der Waals surface area contributed by atoms with Crippen LogP contribution in [0.15, 0.2) is 18.2 Å². The first-order chi connectivity index (χ1) is 5.79. The molecular weight excluding hydrogens is 170 g/mol. The lowest BCUT2D eigenvalue weighted by Crippen LogP contribution is -1.73. The lowest BCUT2D eigenvalue weighted by Gasteiger charge is -1.84. The van der Waals surface area contributed by atoms with E-state index in [-0.39, 0.29) is 5.75 Å². The van der Waals surface area contributed by atoms with Crippen LogP contribution in [0.2, 0.25) is 0 Å². The minimum atomic E-state index is 0.0375. The molecule has 12 heavy (non-hydrogen) atoms. The van der Waals surface area contributed by atoms with Crippen LogP contribution in [0, 0.1) is 0 Å². The Morgan fingerprint density at radius 1 is 1.50 bits per heavy atom. The molecule has 0 aliphatic carbocycles. The molecule has 61 valence electrons. The molecule has 0 atom stereocenters. The highest BCUT2D eigenvalue weighted by atomic mass is 32.1. The number of aromatic nitrogens is 1. The summed E-state index contributed by atoms with van der Waals surface area (Å²) in [5.41, 5.74) is 0.837. The fourth-order valence-electron chi connectivity index (χ4n) is 1.11. The molecule has 1 radical (unpaired) electrons. The van der Waals surface area contributed by atoms with E-state index in [2.05, 4.69) is 11.9 Å². The van der Waals surface area contributed by atoms with Crippen molar-refractivity contribution in [1.82, 2.24) is 4.98 Å². The Bertz CT molecular complexity index is 408. The molecule has 0 aliphatic heterocycles. The van der Waals surface area contributed by atoms with Gasteiger partial charge in [0.15, 0.2) is 5.75 Å². The molecule has 0 unspecified atom stereocenters. The molecule has 0 amide bonds. The molecule has 2 nitrogen and oxygen atoms in total.